The van der Waals surface area contributed by atoms with Gasteiger partial charge in [0.1, 0.15) is 23.0 Å². The molecule has 0 amide bonds. The van der Waals surface area contributed by atoms with Crippen LogP contribution in [0, 0.1) is 11.6 Å². The molecule has 2 rings (SSSR count). The van der Waals surface area contributed by atoms with Crippen LogP contribution in [0.25, 0.3) is 0 Å². The Morgan fingerprint density at radius 1 is 1.28 bits per heavy atom. The zero-order chi connectivity index (χ0) is 13.1. The summed E-state index contributed by atoms with van der Waals surface area (Å²) in [6.07, 6.45) is 1.25. The third-order valence-corrected chi connectivity index (χ3v) is 3.14. The van der Waals surface area contributed by atoms with Crippen molar-refractivity contribution in [3.63, 3.8) is 0 Å². The van der Waals surface area contributed by atoms with Crippen molar-refractivity contribution in [1.82, 2.24) is 9.97 Å². The number of hydrogen-bond acceptors (Lipinski definition) is 5. The van der Waals surface area contributed by atoms with E-state index in [1.165, 1.54) is 25.6 Å². The van der Waals surface area contributed by atoms with Gasteiger partial charge in [0.15, 0.2) is 11.6 Å². The van der Waals surface area contributed by atoms with E-state index >= 15 is 0 Å². The van der Waals surface area contributed by atoms with E-state index in [-0.39, 0.29) is 16.5 Å². The normalized spacial score (nSPS) is 10.4. The number of halogens is 2. The smallest absolute Gasteiger partial charge is 0.193 e. The minimum atomic E-state index is -0.667. The van der Waals surface area contributed by atoms with E-state index in [0.717, 1.165) is 17.8 Å². The molecule has 0 radical (unpaired) electrons. The Balaban J connectivity index is 2.37. The van der Waals surface area contributed by atoms with Crippen molar-refractivity contribution in [3.05, 3.63) is 36.2 Å². The molecule has 2 N–H and O–H groups in total. The number of nitrogens with two attached hydrogens (primary N) is 1. The highest BCUT2D eigenvalue weighted by Gasteiger charge is 2.13. The lowest BCUT2D eigenvalue weighted by atomic mass is 10.3. The van der Waals surface area contributed by atoms with Gasteiger partial charge in [-0.1, -0.05) is 11.8 Å². The molecule has 18 heavy (non-hydrogen) atoms. The molecule has 0 bridgehead atoms. The van der Waals surface area contributed by atoms with Crippen molar-refractivity contribution >= 4 is 17.6 Å². The highest BCUT2D eigenvalue weighted by atomic mass is 32.2. The molecule has 0 aliphatic carbocycles. The fourth-order valence-corrected chi connectivity index (χ4v) is 2.18. The van der Waals surface area contributed by atoms with Crippen LogP contribution in [0.3, 0.4) is 0 Å². The number of methoxy groups -OCH3 is 1. The van der Waals surface area contributed by atoms with E-state index in [1.54, 1.807) is 0 Å². The molecule has 0 aliphatic heterocycles. The average molecular weight is 269 g/mol. The Kier molecular flexibility index (Phi) is 3.61. The standard InChI is InChI=1S/C11H9F2N3OS/c1-17-9-10(14)15-5-16-11(9)18-8-3-2-6(12)4-7(8)13/h2-5H,1H3,(H2,14,15,16). The number of rotatable bonds is 3. The Labute approximate surface area is 106 Å². The summed E-state index contributed by atoms with van der Waals surface area (Å²) in [5, 5.41) is 0.371. The lowest BCUT2D eigenvalue weighted by Gasteiger charge is -2.08. The van der Waals surface area contributed by atoms with Gasteiger partial charge >= 0.3 is 0 Å². The molecule has 0 saturated carbocycles. The summed E-state index contributed by atoms with van der Waals surface area (Å²) in [5.74, 6) is -0.867. The molecule has 4 nitrogen and oxygen atoms in total. The van der Waals surface area contributed by atoms with Crippen LogP contribution in [0.15, 0.2) is 34.4 Å². The summed E-state index contributed by atoms with van der Waals surface area (Å²) in [6.45, 7) is 0. The molecule has 0 saturated heterocycles. The van der Waals surface area contributed by atoms with Gasteiger partial charge in [0, 0.05) is 11.0 Å². The predicted molar refractivity (Wildman–Crippen MR) is 63.5 cm³/mol. The predicted octanol–water partition coefficient (Wildman–Crippen LogP) is 2.50. The van der Waals surface area contributed by atoms with Crippen LogP contribution in [0.4, 0.5) is 14.6 Å². The first-order valence-electron chi connectivity index (χ1n) is 4.89. The summed E-state index contributed by atoms with van der Waals surface area (Å²) >= 11 is 0.991. The second-order valence-electron chi connectivity index (χ2n) is 3.27. The maximum atomic E-state index is 13.5. The Bertz CT molecular complexity index is 580. The molecule has 0 unspecified atom stereocenters. The number of hydrogen-bond donors (Lipinski definition) is 1. The van der Waals surface area contributed by atoms with Gasteiger partial charge in [0.25, 0.3) is 0 Å². The molecule has 1 aromatic carbocycles. The Morgan fingerprint density at radius 3 is 2.72 bits per heavy atom. The summed E-state index contributed by atoms with van der Waals surface area (Å²) in [6, 6.07) is 3.30. The number of aromatic nitrogens is 2. The molecular weight excluding hydrogens is 260 g/mol. The van der Waals surface area contributed by atoms with Crippen LogP contribution in [0.1, 0.15) is 0 Å². The highest BCUT2D eigenvalue weighted by Crippen LogP contribution is 2.36. The summed E-state index contributed by atoms with van der Waals surface area (Å²) in [4.78, 5) is 7.95. The summed E-state index contributed by atoms with van der Waals surface area (Å²) < 4.78 is 31.3. The largest absolute Gasteiger partial charge is 0.490 e. The van der Waals surface area contributed by atoms with Gasteiger partial charge in [-0.05, 0) is 12.1 Å². The van der Waals surface area contributed by atoms with E-state index in [9.17, 15) is 8.78 Å². The highest BCUT2D eigenvalue weighted by molar-refractivity contribution is 7.99. The van der Waals surface area contributed by atoms with Crippen LogP contribution in [-0.4, -0.2) is 17.1 Å². The van der Waals surface area contributed by atoms with E-state index in [4.69, 9.17) is 10.5 Å². The topological polar surface area (TPSA) is 61.0 Å². The van der Waals surface area contributed by atoms with E-state index in [2.05, 4.69) is 9.97 Å². The molecule has 0 spiro atoms. The number of benzene rings is 1. The third-order valence-electron chi connectivity index (χ3n) is 2.10. The van der Waals surface area contributed by atoms with Crippen molar-refractivity contribution in [1.29, 1.82) is 0 Å². The molecule has 94 valence electrons. The Hall–Kier alpha value is -1.89. The van der Waals surface area contributed by atoms with E-state index < -0.39 is 11.6 Å². The minimum Gasteiger partial charge on any atom is -0.490 e. The van der Waals surface area contributed by atoms with Crippen LogP contribution in [-0.2, 0) is 0 Å². The lowest BCUT2D eigenvalue weighted by molar-refractivity contribution is 0.401. The number of ether oxygens (including phenoxy) is 1. The SMILES string of the molecule is COc1c(N)ncnc1Sc1ccc(F)cc1F. The Morgan fingerprint density at radius 2 is 2.06 bits per heavy atom. The van der Waals surface area contributed by atoms with Crippen molar-refractivity contribution in [2.24, 2.45) is 0 Å². The van der Waals surface area contributed by atoms with Gasteiger partial charge in [0.05, 0.1) is 7.11 Å². The van der Waals surface area contributed by atoms with E-state index in [1.807, 2.05) is 0 Å². The zero-order valence-corrected chi connectivity index (χ0v) is 10.2. The molecular formula is C11H9F2N3OS. The molecule has 1 aromatic heterocycles. The number of nitrogen functional groups attached to an aromatic ring is 1. The first-order valence-corrected chi connectivity index (χ1v) is 5.71. The van der Waals surface area contributed by atoms with Gasteiger partial charge in [-0.15, -0.1) is 0 Å². The first-order chi connectivity index (χ1) is 8.61. The van der Waals surface area contributed by atoms with Crippen molar-refractivity contribution in [2.45, 2.75) is 9.92 Å². The molecule has 0 aliphatic rings. The maximum Gasteiger partial charge on any atom is 0.193 e. The van der Waals surface area contributed by atoms with Gasteiger partial charge in [0.2, 0.25) is 0 Å². The molecule has 2 aromatic rings. The summed E-state index contributed by atoms with van der Waals surface area (Å²) in [7, 11) is 1.42. The van der Waals surface area contributed by atoms with Gasteiger partial charge in [-0.2, -0.15) is 0 Å². The van der Waals surface area contributed by atoms with Crippen molar-refractivity contribution in [2.75, 3.05) is 12.8 Å². The fourth-order valence-electron chi connectivity index (χ4n) is 1.30. The third kappa shape index (κ3) is 2.51. The first kappa shape index (κ1) is 12.6. The fraction of sp³-hybridized carbons (Fsp3) is 0.0909. The zero-order valence-electron chi connectivity index (χ0n) is 9.35. The molecule has 0 fully saturated rings. The van der Waals surface area contributed by atoms with Crippen molar-refractivity contribution in [3.8, 4) is 5.75 Å². The monoisotopic (exact) mass is 269 g/mol. The number of nitrogens with zero attached hydrogens (tertiary/aromatic N) is 2. The van der Waals surface area contributed by atoms with Crippen LogP contribution < -0.4 is 10.5 Å². The minimum absolute atomic E-state index is 0.164. The quantitative estimate of drug-likeness (QED) is 0.867. The maximum absolute atomic E-state index is 13.5. The van der Waals surface area contributed by atoms with E-state index in [0.29, 0.717) is 5.03 Å². The van der Waals surface area contributed by atoms with Crippen LogP contribution in [0.2, 0.25) is 0 Å². The average Bonchev–Trinajstić information content (AvgIpc) is 2.33. The van der Waals surface area contributed by atoms with Gasteiger partial charge < -0.3 is 10.5 Å². The molecule has 1 heterocycles. The molecule has 0 atom stereocenters. The van der Waals surface area contributed by atoms with Crippen LogP contribution in [0.5, 0.6) is 5.75 Å². The van der Waals surface area contributed by atoms with Crippen LogP contribution >= 0.6 is 11.8 Å². The molecule has 7 heteroatoms. The van der Waals surface area contributed by atoms with Gasteiger partial charge in [-0.3, -0.25) is 0 Å². The van der Waals surface area contributed by atoms with Crippen molar-refractivity contribution < 1.29 is 13.5 Å². The van der Waals surface area contributed by atoms with Gasteiger partial charge in [-0.25, -0.2) is 18.7 Å². The second kappa shape index (κ2) is 5.18. The lowest BCUT2D eigenvalue weighted by Crippen LogP contribution is -1.99. The second-order valence-corrected chi connectivity index (χ2v) is 4.30. The summed E-state index contributed by atoms with van der Waals surface area (Å²) in [5.41, 5.74) is 5.60. The number of anilines is 1.